The van der Waals surface area contributed by atoms with E-state index in [2.05, 4.69) is 10.3 Å². The Morgan fingerprint density at radius 3 is 2.76 bits per heavy atom. The number of nitrogens with zero attached hydrogens (tertiary/aromatic N) is 2. The van der Waals surface area contributed by atoms with Crippen molar-refractivity contribution in [3.8, 4) is 0 Å². The van der Waals surface area contributed by atoms with Crippen molar-refractivity contribution in [1.29, 1.82) is 0 Å². The minimum absolute atomic E-state index is 0.00255. The number of carbonyl (C=O) groups is 2. The maximum Gasteiger partial charge on any atom is 0.254 e. The van der Waals surface area contributed by atoms with E-state index < -0.39 is 0 Å². The van der Waals surface area contributed by atoms with Crippen molar-refractivity contribution in [3.05, 3.63) is 41.1 Å². The molecule has 2 amide bonds. The number of aromatic nitrogens is 1. The van der Waals surface area contributed by atoms with Crippen LogP contribution in [-0.4, -0.2) is 40.3 Å². The van der Waals surface area contributed by atoms with Gasteiger partial charge in [0.25, 0.3) is 5.91 Å². The maximum absolute atomic E-state index is 13.3. The summed E-state index contributed by atoms with van der Waals surface area (Å²) >= 11 is 0. The van der Waals surface area contributed by atoms with E-state index in [9.17, 15) is 9.59 Å². The van der Waals surface area contributed by atoms with Gasteiger partial charge in [0.15, 0.2) is 0 Å². The molecule has 1 atom stereocenters. The molecular formula is C20H25N3O2. The van der Waals surface area contributed by atoms with Crippen molar-refractivity contribution in [2.45, 2.75) is 52.6 Å². The first-order valence-electron chi connectivity index (χ1n) is 8.84. The molecule has 0 bridgehead atoms. The maximum atomic E-state index is 13.3. The fourth-order valence-corrected chi connectivity index (χ4v) is 3.43. The van der Waals surface area contributed by atoms with Crippen LogP contribution in [0.1, 0.15) is 48.3 Å². The Bertz CT molecular complexity index is 829. The molecule has 0 aliphatic carbocycles. The Hall–Kier alpha value is -2.43. The fourth-order valence-electron chi connectivity index (χ4n) is 3.43. The second-order valence-electron chi connectivity index (χ2n) is 7.14. The molecule has 2 aromatic rings. The van der Waals surface area contributed by atoms with Gasteiger partial charge in [0, 0.05) is 36.1 Å². The summed E-state index contributed by atoms with van der Waals surface area (Å²) in [7, 11) is 0. The number of para-hydroxylation sites is 1. The molecule has 1 aromatic heterocycles. The molecule has 2 heterocycles. The van der Waals surface area contributed by atoms with Crippen molar-refractivity contribution in [3.63, 3.8) is 0 Å². The zero-order chi connectivity index (χ0) is 18.1. The van der Waals surface area contributed by atoms with E-state index in [1.165, 1.54) is 0 Å². The van der Waals surface area contributed by atoms with E-state index in [-0.39, 0.29) is 23.9 Å². The van der Waals surface area contributed by atoms with Gasteiger partial charge in [-0.25, -0.2) is 0 Å². The summed E-state index contributed by atoms with van der Waals surface area (Å²) in [5.74, 6) is 0.0687. The van der Waals surface area contributed by atoms with Crippen molar-refractivity contribution < 1.29 is 9.59 Å². The molecule has 25 heavy (non-hydrogen) atoms. The van der Waals surface area contributed by atoms with Crippen LogP contribution < -0.4 is 5.32 Å². The molecule has 1 saturated heterocycles. The number of hydrogen-bond acceptors (Lipinski definition) is 3. The van der Waals surface area contributed by atoms with Crippen LogP contribution in [0.2, 0.25) is 0 Å². The lowest BCUT2D eigenvalue weighted by Gasteiger charge is -2.30. The van der Waals surface area contributed by atoms with Crippen molar-refractivity contribution in [2.24, 2.45) is 0 Å². The largest absolute Gasteiger partial charge is 0.352 e. The van der Waals surface area contributed by atoms with E-state index in [1.807, 2.05) is 56.9 Å². The van der Waals surface area contributed by atoms with Gasteiger partial charge in [0.1, 0.15) is 0 Å². The van der Waals surface area contributed by atoms with Crippen LogP contribution in [0.4, 0.5) is 0 Å². The molecule has 132 valence electrons. The zero-order valence-electron chi connectivity index (χ0n) is 15.3. The molecule has 1 aliphatic rings. The van der Waals surface area contributed by atoms with Crippen LogP contribution in [0.5, 0.6) is 0 Å². The van der Waals surface area contributed by atoms with Gasteiger partial charge in [0.05, 0.1) is 11.1 Å². The van der Waals surface area contributed by atoms with Crippen molar-refractivity contribution >= 4 is 22.7 Å². The Morgan fingerprint density at radius 1 is 1.36 bits per heavy atom. The minimum Gasteiger partial charge on any atom is -0.352 e. The standard InChI is InChI=1S/C20H25N3O2/c1-12(2)23(11-15-8-9-18(24)22-15)20(25)17-10-14(4)21-19-13(3)6-5-7-16(17)19/h5-7,10,12,15H,8-9,11H2,1-4H3,(H,22,24). The van der Waals surface area contributed by atoms with Gasteiger partial charge in [-0.2, -0.15) is 0 Å². The predicted octanol–water partition coefficient (Wildman–Crippen LogP) is 2.98. The Balaban J connectivity index is 1.98. The fraction of sp³-hybridized carbons (Fsp3) is 0.450. The normalized spacial score (nSPS) is 17.2. The van der Waals surface area contributed by atoms with Gasteiger partial charge in [-0.3, -0.25) is 14.6 Å². The number of pyridine rings is 1. The third kappa shape index (κ3) is 3.50. The third-order valence-electron chi connectivity index (χ3n) is 4.79. The first kappa shape index (κ1) is 17.4. The molecule has 1 fully saturated rings. The minimum atomic E-state index is -0.00255. The molecule has 0 spiro atoms. The molecular weight excluding hydrogens is 314 g/mol. The molecule has 1 unspecified atom stereocenters. The van der Waals surface area contributed by atoms with Gasteiger partial charge < -0.3 is 10.2 Å². The SMILES string of the molecule is Cc1cc(C(=O)N(CC2CCC(=O)N2)C(C)C)c2cccc(C)c2n1. The lowest BCUT2D eigenvalue weighted by molar-refractivity contribution is -0.119. The summed E-state index contributed by atoms with van der Waals surface area (Å²) in [4.78, 5) is 31.3. The van der Waals surface area contributed by atoms with Crippen LogP contribution in [0.15, 0.2) is 24.3 Å². The highest BCUT2D eigenvalue weighted by Gasteiger charge is 2.28. The Labute approximate surface area is 148 Å². The highest BCUT2D eigenvalue weighted by Crippen LogP contribution is 2.24. The molecule has 1 aliphatic heterocycles. The van der Waals surface area contributed by atoms with E-state index in [1.54, 1.807) is 0 Å². The summed E-state index contributed by atoms with van der Waals surface area (Å²) in [6.07, 6.45) is 1.33. The summed E-state index contributed by atoms with van der Waals surface area (Å²) < 4.78 is 0. The second-order valence-corrected chi connectivity index (χ2v) is 7.14. The predicted molar refractivity (Wildman–Crippen MR) is 98.6 cm³/mol. The van der Waals surface area contributed by atoms with Crippen LogP contribution in [0, 0.1) is 13.8 Å². The number of amides is 2. The summed E-state index contributed by atoms with van der Waals surface area (Å²) in [5.41, 5.74) is 3.46. The van der Waals surface area contributed by atoms with E-state index in [0.29, 0.717) is 18.5 Å². The van der Waals surface area contributed by atoms with Crippen LogP contribution in [0.25, 0.3) is 10.9 Å². The summed E-state index contributed by atoms with van der Waals surface area (Å²) in [6.45, 7) is 8.49. The smallest absolute Gasteiger partial charge is 0.254 e. The molecule has 1 aromatic carbocycles. The quantitative estimate of drug-likeness (QED) is 0.931. The van der Waals surface area contributed by atoms with Crippen LogP contribution in [0.3, 0.4) is 0 Å². The topological polar surface area (TPSA) is 62.3 Å². The molecule has 0 saturated carbocycles. The average molecular weight is 339 g/mol. The van der Waals surface area contributed by atoms with Gasteiger partial charge in [-0.05, 0) is 45.7 Å². The molecule has 5 nitrogen and oxygen atoms in total. The number of fused-ring (bicyclic) bond motifs is 1. The Morgan fingerprint density at radius 2 is 2.12 bits per heavy atom. The monoisotopic (exact) mass is 339 g/mol. The zero-order valence-corrected chi connectivity index (χ0v) is 15.3. The number of carbonyl (C=O) groups excluding carboxylic acids is 2. The number of benzene rings is 1. The molecule has 1 N–H and O–H groups in total. The van der Waals surface area contributed by atoms with Gasteiger partial charge in [0.2, 0.25) is 5.91 Å². The Kier molecular flexibility index (Phi) is 4.75. The first-order chi connectivity index (χ1) is 11.9. The van der Waals surface area contributed by atoms with Crippen LogP contribution in [-0.2, 0) is 4.79 Å². The molecule has 0 radical (unpaired) electrons. The van der Waals surface area contributed by atoms with Crippen molar-refractivity contribution in [2.75, 3.05) is 6.54 Å². The average Bonchev–Trinajstić information content (AvgIpc) is 2.97. The number of aryl methyl sites for hydroxylation is 2. The lowest BCUT2D eigenvalue weighted by atomic mass is 10.0. The van der Waals surface area contributed by atoms with Gasteiger partial charge in [-0.1, -0.05) is 18.2 Å². The van der Waals surface area contributed by atoms with Gasteiger partial charge in [-0.15, -0.1) is 0 Å². The van der Waals surface area contributed by atoms with E-state index in [4.69, 9.17) is 0 Å². The van der Waals surface area contributed by atoms with E-state index in [0.717, 1.165) is 28.6 Å². The first-order valence-corrected chi connectivity index (χ1v) is 8.84. The van der Waals surface area contributed by atoms with Crippen molar-refractivity contribution in [1.82, 2.24) is 15.2 Å². The highest BCUT2D eigenvalue weighted by atomic mass is 16.2. The number of rotatable bonds is 4. The molecule has 5 heteroatoms. The number of nitrogens with one attached hydrogen (secondary N) is 1. The van der Waals surface area contributed by atoms with E-state index >= 15 is 0 Å². The third-order valence-corrected chi connectivity index (χ3v) is 4.79. The highest BCUT2D eigenvalue weighted by molar-refractivity contribution is 6.07. The lowest BCUT2D eigenvalue weighted by Crippen LogP contribution is -2.45. The summed E-state index contributed by atoms with van der Waals surface area (Å²) in [6, 6.07) is 7.89. The summed E-state index contributed by atoms with van der Waals surface area (Å²) in [5, 5.41) is 3.84. The van der Waals surface area contributed by atoms with Crippen LogP contribution >= 0.6 is 0 Å². The number of hydrogen-bond donors (Lipinski definition) is 1. The second kappa shape index (κ2) is 6.82. The van der Waals surface area contributed by atoms with Gasteiger partial charge >= 0.3 is 0 Å². The molecule has 3 rings (SSSR count).